The van der Waals surface area contributed by atoms with Crippen LogP contribution in [0, 0.1) is 6.92 Å². The number of nitrogen functional groups attached to an aromatic ring is 1. The fourth-order valence-electron chi connectivity index (χ4n) is 2.40. The first-order valence-corrected chi connectivity index (χ1v) is 6.32. The Morgan fingerprint density at radius 3 is 3.00 bits per heavy atom. The summed E-state index contributed by atoms with van der Waals surface area (Å²) in [6, 6.07) is 9.89. The minimum atomic E-state index is -0.353. The Labute approximate surface area is 115 Å². The van der Waals surface area contributed by atoms with Crippen molar-refractivity contribution in [3.8, 4) is 0 Å². The SMILES string of the molecule is Cc1cn(Cc2cc(C(=O)NN)co2)c2ccccc12. The molecule has 3 N–H and O–H groups in total. The lowest BCUT2D eigenvalue weighted by Gasteiger charge is -2.02. The van der Waals surface area contributed by atoms with Crippen molar-refractivity contribution in [1.82, 2.24) is 9.99 Å². The van der Waals surface area contributed by atoms with Crippen LogP contribution in [-0.2, 0) is 6.54 Å². The number of para-hydroxylation sites is 1. The maximum absolute atomic E-state index is 11.4. The van der Waals surface area contributed by atoms with Gasteiger partial charge in [0.15, 0.2) is 0 Å². The normalized spacial score (nSPS) is 10.9. The van der Waals surface area contributed by atoms with Gasteiger partial charge in [-0.2, -0.15) is 0 Å². The molecule has 1 aromatic carbocycles. The Hall–Kier alpha value is -2.53. The number of benzene rings is 1. The van der Waals surface area contributed by atoms with Crippen molar-refractivity contribution in [3.05, 3.63) is 59.7 Å². The number of aromatic nitrogens is 1. The largest absolute Gasteiger partial charge is 0.467 e. The maximum atomic E-state index is 11.4. The van der Waals surface area contributed by atoms with Crippen molar-refractivity contribution >= 4 is 16.8 Å². The predicted octanol–water partition coefficient (Wildman–Crippen LogP) is 2.19. The molecule has 0 saturated carbocycles. The van der Waals surface area contributed by atoms with Gasteiger partial charge in [-0.05, 0) is 24.6 Å². The number of fused-ring (bicyclic) bond motifs is 1. The van der Waals surface area contributed by atoms with E-state index in [1.807, 2.05) is 12.1 Å². The van der Waals surface area contributed by atoms with Gasteiger partial charge in [0.25, 0.3) is 5.91 Å². The van der Waals surface area contributed by atoms with Crippen molar-refractivity contribution < 1.29 is 9.21 Å². The molecule has 5 heteroatoms. The third-order valence-electron chi connectivity index (χ3n) is 3.36. The first-order chi connectivity index (χ1) is 9.69. The van der Waals surface area contributed by atoms with E-state index in [4.69, 9.17) is 10.3 Å². The molecule has 3 aromatic rings. The molecule has 2 heterocycles. The minimum Gasteiger partial charge on any atom is -0.467 e. The molecule has 2 aromatic heterocycles. The second kappa shape index (κ2) is 4.86. The lowest BCUT2D eigenvalue weighted by Crippen LogP contribution is -2.29. The van der Waals surface area contributed by atoms with Crippen molar-refractivity contribution in [2.24, 2.45) is 5.84 Å². The maximum Gasteiger partial charge on any atom is 0.268 e. The number of amides is 1. The van der Waals surface area contributed by atoms with E-state index in [1.54, 1.807) is 6.07 Å². The molecule has 5 nitrogen and oxygen atoms in total. The number of nitrogens with two attached hydrogens (primary N) is 1. The first-order valence-electron chi connectivity index (χ1n) is 6.32. The summed E-state index contributed by atoms with van der Waals surface area (Å²) in [6.07, 6.45) is 3.49. The van der Waals surface area contributed by atoms with Crippen LogP contribution in [0.1, 0.15) is 21.7 Å². The molecule has 0 aliphatic carbocycles. The van der Waals surface area contributed by atoms with Crippen molar-refractivity contribution in [3.63, 3.8) is 0 Å². The standard InChI is InChI=1S/C15H15N3O2/c1-10-7-18(14-5-3-2-4-13(10)14)8-12-6-11(9-20-12)15(19)17-16/h2-7,9H,8,16H2,1H3,(H,17,19). The Kier molecular flexibility index (Phi) is 3.04. The molecule has 0 saturated heterocycles. The summed E-state index contributed by atoms with van der Waals surface area (Å²) >= 11 is 0. The monoisotopic (exact) mass is 269 g/mol. The van der Waals surface area contributed by atoms with Gasteiger partial charge >= 0.3 is 0 Å². The minimum absolute atomic E-state index is 0.353. The topological polar surface area (TPSA) is 73.2 Å². The third kappa shape index (κ3) is 2.08. The summed E-state index contributed by atoms with van der Waals surface area (Å²) in [6.45, 7) is 2.65. The molecule has 0 radical (unpaired) electrons. The van der Waals surface area contributed by atoms with Crippen LogP contribution in [0.25, 0.3) is 10.9 Å². The van der Waals surface area contributed by atoms with Crippen LogP contribution < -0.4 is 11.3 Å². The molecule has 1 amide bonds. The van der Waals surface area contributed by atoms with Crippen molar-refractivity contribution in [2.45, 2.75) is 13.5 Å². The zero-order chi connectivity index (χ0) is 14.1. The van der Waals surface area contributed by atoms with Gasteiger partial charge in [0, 0.05) is 17.1 Å². The zero-order valence-electron chi connectivity index (χ0n) is 11.1. The lowest BCUT2D eigenvalue weighted by atomic mass is 10.2. The fraction of sp³-hybridized carbons (Fsp3) is 0.133. The average molecular weight is 269 g/mol. The summed E-state index contributed by atoms with van der Waals surface area (Å²) in [5, 5.41) is 1.22. The van der Waals surface area contributed by atoms with Crippen LogP contribution in [0.5, 0.6) is 0 Å². The van der Waals surface area contributed by atoms with Crippen molar-refractivity contribution in [1.29, 1.82) is 0 Å². The van der Waals surface area contributed by atoms with Crippen LogP contribution in [0.2, 0.25) is 0 Å². The predicted molar refractivity (Wildman–Crippen MR) is 76.1 cm³/mol. The van der Waals surface area contributed by atoms with Gasteiger partial charge in [0.2, 0.25) is 0 Å². The highest BCUT2D eigenvalue weighted by Crippen LogP contribution is 2.22. The second-order valence-corrected chi connectivity index (χ2v) is 4.73. The molecule has 0 aliphatic rings. The molecule has 0 fully saturated rings. The Balaban J connectivity index is 1.93. The van der Waals surface area contributed by atoms with Gasteiger partial charge in [-0.3, -0.25) is 10.2 Å². The van der Waals surface area contributed by atoms with Crippen LogP contribution in [0.4, 0.5) is 0 Å². The number of nitrogens with zero attached hydrogens (tertiary/aromatic N) is 1. The second-order valence-electron chi connectivity index (χ2n) is 4.73. The summed E-state index contributed by atoms with van der Waals surface area (Å²) in [7, 11) is 0. The van der Waals surface area contributed by atoms with Gasteiger partial charge in [-0.25, -0.2) is 5.84 Å². The summed E-state index contributed by atoms with van der Waals surface area (Å²) < 4.78 is 7.52. The van der Waals surface area contributed by atoms with Gasteiger partial charge in [0.1, 0.15) is 12.0 Å². The zero-order valence-corrected chi connectivity index (χ0v) is 11.1. The van der Waals surface area contributed by atoms with Gasteiger partial charge in [0.05, 0.1) is 12.1 Å². The van der Waals surface area contributed by atoms with Crippen LogP contribution in [0.3, 0.4) is 0 Å². The number of furan rings is 1. The van der Waals surface area contributed by atoms with E-state index >= 15 is 0 Å². The Morgan fingerprint density at radius 1 is 1.40 bits per heavy atom. The third-order valence-corrected chi connectivity index (χ3v) is 3.36. The van der Waals surface area contributed by atoms with E-state index in [0.29, 0.717) is 17.9 Å². The van der Waals surface area contributed by atoms with Crippen LogP contribution >= 0.6 is 0 Å². The summed E-state index contributed by atoms with van der Waals surface area (Å²) in [5.41, 5.74) is 4.87. The number of hydrogen-bond donors (Lipinski definition) is 2. The molecule has 20 heavy (non-hydrogen) atoms. The number of carbonyl (C=O) groups excluding carboxylic acids is 1. The van der Waals surface area contributed by atoms with Gasteiger partial charge < -0.3 is 8.98 Å². The van der Waals surface area contributed by atoms with Crippen LogP contribution in [-0.4, -0.2) is 10.5 Å². The van der Waals surface area contributed by atoms with Crippen LogP contribution in [0.15, 0.2) is 47.2 Å². The number of rotatable bonds is 3. The number of hydrazine groups is 1. The number of nitrogens with one attached hydrogen (secondary N) is 1. The highest BCUT2D eigenvalue weighted by Gasteiger charge is 2.11. The molecular formula is C15H15N3O2. The highest BCUT2D eigenvalue weighted by molar-refractivity contribution is 5.93. The first kappa shape index (κ1) is 12.5. The molecule has 3 rings (SSSR count). The van der Waals surface area contributed by atoms with Gasteiger partial charge in [-0.15, -0.1) is 0 Å². The number of aryl methyl sites for hydroxylation is 1. The molecule has 0 unspecified atom stereocenters. The molecule has 102 valence electrons. The lowest BCUT2D eigenvalue weighted by molar-refractivity contribution is 0.0953. The van der Waals surface area contributed by atoms with E-state index in [2.05, 4.69) is 35.2 Å². The average Bonchev–Trinajstić information content (AvgIpc) is 3.05. The smallest absolute Gasteiger partial charge is 0.268 e. The number of hydrogen-bond acceptors (Lipinski definition) is 3. The van der Waals surface area contributed by atoms with E-state index in [9.17, 15) is 4.79 Å². The van der Waals surface area contributed by atoms with E-state index in [-0.39, 0.29) is 5.91 Å². The Bertz CT molecular complexity index is 770. The van der Waals surface area contributed by atoms with Crippen molar-refractivity contribution in [2.75, 3.05) is 0 Å². The van der Waals surface area contributed by atoms with Gasteiger partial charge in [-0.1, -0.05) is 18.2 Å². The Morgan fingerprint density at radius 2 is 2.20 bits per heavy atom. The quantitative estimate of drug-likeness (QED) is 0.435. The highest BCUT2D eigenvalue weighted by atomic mass is 16.3. The van der Waals surface area contributed by atoms with E-state index in [0.717, 1.165) is 5.52 Å². The summed E-state index contributed by atoms with van der Waals surface area (Å²) in [4.78, 5) is 11.4. The number of carbonyl (C=O) groups is 1. The van der Waals surface area contributed by atoms with E-state index in [1.165, 1.54) is 17.2 Å². The molecule has 0 atom stereocenters. The molecule has 0 bridgehead atoms. The molecule has 0 spiro atoms. The molecule has 0 aliphatic heterocycles. The van der Waals surface area contributed by atoms with E-state index < -0.39 is 0 Å². The fourth-order valence-corrected chi connectivity index (χ4v) is 2.40. The summed E-state index contributed by atoms with van der Waals surface area (Å²) in [5.74, 6) is 5.46. The molecular weight excluding hydrogens is 254 g/mol.